The highest BCUT2D eigenvalue weighted by molar-refractivity contribution is 5.25. The van der Waals surface area contributed by atoms with Crippen LogP contribution < -0.4 is 0 Å². The maximum absolute atomic E-state index is 5.71. The summed E-state index contributed by atoms with van der Waals surface area (Å²) in [5.41, 5.74) is 1.94. The maximum atomic E-state index is 5.71. The minimum atomic E-state index is -0.125. The van der Waals surface area contributed by atoms with Crippen molar-refractivity contribution < 1.29 is 4.74 Å². The fourth-order valence-electron chi connectivity index (χ4n) is 1.60. The van der Waals surface area contributed by atoms with Crippen LogP contribution >= 0.6 is 0 Å². The predicted molar refractivity (Wildman–Crippen MR) is 61.9 cm³/mol. The Morgan fingerprint density at radius 1 is 1.12 bits per heavy atom. The summed E-state index contributed by atoms with van der Waals surface area (Å²) >= 11 is 0. The van der Waals surface area contributed by atoms with E-state index >= 15 is 0 Å². The van der Waals surface area contributed by atoms with E-state index < -0.39 is 0 Å². The highest BCUT2D eigenvalue weighted by Gasteiger charge is 2.14. The van der Waals surface area contributed by atoms with Crippen molar-refractivity contribution in [2.24, 2.45) is 0 Å². The molecule has 0 fully saturated rings. The average molecular weight is 214 g/mol. The second kappa shape index (κ2) is 5.37. The number of hydrogen-bond acceptors (Lipinski definition) is 3. The number of hydrogen-bond donors (Lipinski definition) is 0. The van der Waals surface area contributed by atoms with E-state index in [4.69, 9.17) is 4.74 Å². The molecule has 0 spiro atoms. The van der Waals surface area contributed by atoms with Crippen molar-refractivity contribution in [1.29, 1.82) is 0 Å². The van der Waals surface area contributed by atoms with E-state index in [0.717, 1.165) is 11.3 Å². The van der Waals surface area contributed by atoms with Crippen molar-refractivity contribution in [3.63, 3.8) is 0 Å². The van der Waals surface area contributed by atoms with Crippen molar-refractivity contribution in [3.05, 3.63) is 59.9 Å². The maximum Gasteiger partial charge on any atom is 0.126 e. The lowest BCUT2D eigenvalue weighted by Crippen LogP contribution is -2.08. The highest BCUT2D eigenvalue weighted by atomic mass is 16.5. The number of ether oxygens (including phenoxy) is 1. The number of nitrogens with zero attached hydrogens (tertiary/aromatic N) is 2. The molecule has 1 aromatic carbocycles. The Balaban J connectivity index is 2.31. The third-order valence-electron chi connectivity index (χ3n) is 2.30. The second-order valence-corrected chi connectivity index (χ2v) is 3.39. The first-order valence-corrected chi connectivity index (χ1v) is 5.36. The van der Waals surface area contributed by atoms with Gasteiger partial charge in [0, 0.05) is 12.8 Å². The topological polar surface area (TPSA) is 35.0 Å². The van der Waals surface area contributed by atoms with E-state index in [9.17, 15) is 0 Å². The van der Waals surface area contributed by atoms with Gasteiger partial charge < -0.3 is 4.74 Å². The molecule has 1 heterocycles. The van der Waals surface area contributed by atoms with Gasteiger partial charge in [-0.15, -0.1) is 0 Å². The third kappa shape index (κ3) is 2.44. The lowest BCUT2D eigenvalue weighted by atomic mass is 10.1. The van der Waals surface area contributed by atoms with Gasteiger partial charge in [-0.2, -0.15) is 10.2 Å². The Hall–Kier alpha value is -1.74. The van der Waals surface area contributed by atoms with E-state index in [2.05, 4.69) is 10.2 Å². The van der Waals surface area contributed by atoms with Crippen LogP contribution in [0.15, 0.2) is 48.7 Å². The van der Waals surface area contributed by atoms with Crippen LogP contribution in [-0.4, -0.2) is 16.8 Å². The molecule has 16 heavy (non-hydrogen) atoms. The molecule has 0 aliphatic heterocycles. The predicted octanol–water partition coefficient (Wildman–Crippen LogP) is 2.60. The average Bonchev–Trinajstić information content (AvgIpc) is 2.38. The molecule has 2 aromatic rings. The largest absolute Gasteiger partial charge is 0.367 e. The molecule has 0 saturated heterocycles. The lowest BCUT2D eigenvalue weighted by Gasteiger charge is -2.15. The van der Waals surface area contributed by atoms with Gasteiger partial charge in [-0.25, -0.2) is 0 Å². The highest BCUT2D eigenvalue weighted by Crippen LogP contribution is 2.23. The Bertz CT molecular complexity index is 377. The Morgan fingerprint density at radius 3 is 2.56 bits per heavy atom. The SMILES string of the molecule is CCOC(c1ccccc1)c1cccnn1. The molecule has 0 amide bonds. The summed E-state index contributed by atoms with van der Waals surface area (Å²) in [7, 11) is 0. The van der Waals surface area contributed by atoms with Gasteiger partial charge in [-0.1, -0.05) is 30.3 Å². The van der Waals surface area contributed by atoms with Gasteiger partial charge in [0.25, 0.3) is 0 Å². The summed E-state index contributed by atoms with van der Waals surface area (Å²) in [6.45, 7) is 2.63. The van der Waals surface area contributed by atoms with Gasteiger partial charge in [0.05, 0.1) is 5.69 Å². The van der Waals surface area contributed by atoms with Crippen LogP contribution in [0, 0.1) is 0 Å². The first-order valence-electron chi connectivity index (χ1n) is 5.36. The third-order valence-corrected chi connectivity index (χ3v) is 2.30. The Morgan fingerprint density at radius 2 is 1.94 bits per heavy atom. The summed E-state index contributed by atoms with van der Waals surface area (Å²) in [4.78, 5) is 0. The molecule has 3 heteroatoms. The summed E-state index contributed by atoms with van der Waals surface area (Å²) < 4.78 is 5.71. The molecule has 1 atom stereocenters. The van der Waals surface area contributed by atoms with Gasteiger partial charge in [-0.3, -0.25) is 0 Å². The van der Waals surface area contributed by atoms with E-state index in [1.54, 1.807) is 6.20 Å². The molecule has 0 aliphatic carbocycles. The van der Waals surface area contributed by atoms with Crippen LogP contribution in [0.5, 0.6) is 0 Å². The van der Waals surface area contributed by atoms with E-state index in [1.807, 2.05) is 49.4 Å². The zero-order valence-electron chi connectivity index (χ0n) is 9.21. The van der Waals surface area contributed by atoms with Crippen LogP contribution in [0.1, 0.15) is 24.3 Å². The molecule has 0 bridgehead atoms. The molecule has 82 valence electrons. The lowest BCUT2D eigenvalue weighted by molar-refractivity contribution is 0.0877. The molecule has 0 aliphatic rings. The van der Waals surface area contributed by atoms with Gasteiger partial charge >= 0.3 is 0 Å². The van der Waals surface area contributed by atoms with Crippen LogP contribution in [0.2, 0.25) is 0 Å². The molecule has 1 unspecified atom stereocenters. The summed E-state index contributed by atoms with van der Waals surface area (Å²) in [5.74, 6) is 0. The van der Waals surface area contributed by atoms with E-state index in [-0.39, 0.29) is 6.10 Å². The fraction of sp³-hybridized carbons (Fsp3) is 0.231. The van der Waals surface area contributed by atoms with E-state index in [1.165, 1.54) is 0 Å². The number of rotatable bonds is 4. The summed E-state index contributed by atoms with van der Waals surface area (Å²) in [5, 5.41) is 7.98. The van der Waals surface area contributed by atoms with Crippen molar-refractivity contribution in [1.82, 2.24) is 10.2 Å². The quantitative estimate of drug-likeness (QED) is 0.784. The minimum absolute atomic E-state index is 0.125. The van der Waals surface area contributed by atoms with Gasteiger partial charge in [0.1, 0.15) is 6.10 Å². The molecule has 2 rings (SSSR count). The second-order valence-electron chi connectivity index (χ2n) is 3.39. The van der Waals surface area contributed by atoms with Crippen molar-refractivity contribution in [2.75, 3.05) is 6.61 Å². The molecular weight excluding hydrogens is 200 g/mol. The fourth-order valence-corrected chi connectivity index (χ4v) is 1.60. The molecule has 0 saturated carbocycles. The number of aromatic nitrogens is 2. The van der Waals surface area contributed by atoms with Gasteiger partial charge in [0.15, 0.2) is 0 Å². The summed E-state index contributed by atoms with van der Waals surface area (Å²) in [6.07, 6.45) is 1.54. The molecule has 3 nitrogen and oxygen atoms in total. The van der Waals surface area contributed by atoms with Crippen LogP contribution in [-0.2, 0) is 4.74 Å². The molecule has 0 radical (unpaired) electrons. The summed E-state index contributed by atoms with van der Waals surface area (Å²) in [6, 6.07) is 13.9. The van der Waals surface area contributed by atoms with E-state index in [0.29, 0.717) is 6.61 Å². The standard InChI is InChI=1S/C13H14N2O/c1-2-16-13(11-7-4-3-5-8-11)12-9-6-10-14-15-12/h3-10,13H,2H2,1H3. The zero-order chi connectivity index (χ0) is 11.2. The molecule has 0 N–H and O–H groups in total. The van der Waals surface area contributed by atoms with Crippen molar-refractivity contribution in [3.8, 4) is 0 Å². The Kier molecular flexibility index (Phi) is 3.62. The van der Waals surface area contributed by atoms with Gasteiger partial charge in [-0.05, 0) is 24.6 Å². The molecular formula is C13H14N2O. The van der Waals surface area contributed by atoms with Crippen molar-refractivity contribution in [2.45, 2.75) is 13.0 Å². The first-order chi connectivity index (χ1) is 7.92. The number of benzene rings is 1. The Labute approximate surface area is 95.1 Å². The van der Waals surface area contributed by atoms with Crippen molar-refractivity contribution >= 4 is 0 Å². The zero-order valence-corrected chi connectivity index (χ0v) is 9.21. The minimum Gasteiger partial charge on any atom is -0.367 e. The van der Waals surface area contributed by atoms with Crippen LogP contribution in [0.3, 0.4) is 0 Å². The van der Waals surface area contributed by atoms with Gasteiger partial charge in [0.2, 0.25) is 0 Å². The van der Waals surface area contributed by atoms with Crippen LogP contribution in [0.25, 0.3) is 0 Å². The smallest absolute Gasteiger partial charge is 0.126 e. The first kappa shape index (κ1) is 10.8. The molecule has 1 aromatic heterocycles. The normalized spacial score (nSPS) is 12.3. The monoisotopic (exact) mass is 214 g/mol. The van der Waals surface area contributed by atoms with Crippen LogP contribution in [0.4, 0.5) is 0 Å².